The van der Waals surface area contributed by atoms with E-state index in [1.54, 1.807) is 0 Å². The average Bonchev–Trinajstić information content (AvgIpc) is 2.30. The van der Waals surface area contributed by atoms with Crippen LogP contribution in [0.5, 0.6) is 0 Å². The van der Waals surface area contributed by atoms with E-state index in [1.165, 1.54) is 18.2 Å². The zero-order valence-corrected chi connectivity index (χ0v) is 9.94. The number of nitriles is 1. The highest BCUT2D eigenvalue weighted by atomic mass is 35.5. The molecule has 0 bridgehead atoms. The van der Waals surface area contributed by atoms with Gasteiger partial charge in [-0.15, -0.1) is 0 Å². The number of aliphatic carboxylic acids is 1. The van der Waals surface area contributed by atoms with Crippen LogP contribution < -0.4 is 11.1 Å². The number of halogens is 1. The number of benzene rings is 1. The molecular weight excluding hydrogens is 258 g/mol. The van der Waals surface area contributed by atoms with Crippen LogP contribution in [0, 0.1) is 11.3 Å². The second-order valence-corrected chi connectivity index (χ2v) is 3.91. The van der Waals surface area contributed by atoms with Crippen LogP contribution in [0.3, 0.4) is 0 Å². The molecule has 1 aromatic carbocycles. The van der Waals surface area contributed by atoms with Crippen LogP contribution in [-0.2, 0) is 9.59 Å². The lowest BCUT2D eigenvalue weighted by Gasteiger charge is -2.10. The largest absolute Gasteiger partial charge is 0.481 e. The monoisotopic (exact) mass is 267 g/mol. The molecule has 0 saturated carbocycles. The van der Waals surface area contributed by atoms with Gasteiger partial charge in [-0.2, -0.15) is 5.26 Å². The minimum absolute atomic E-state index is 0.210. The van der Waals surface area contributed by atoms with Crippen molar-refractivity contribution in [1.82, 2.24) is 0 Å². The minimum Gasteiger partial charge on any atom is -0.481 e. The first-order valence-electron chi connectivity index (χ1n) is 4.92. The predicted octanol–water partition coefficient (Wildman–Crippen LogP) is 0.952. The van der Waals surface area contributed by atoms with Gasteiger partial charge in [-0.3, -0.25) is 9.59 Å². The fourth-order valence-electron chi connectivity index (χ4n) is 1.20. The van der Waals surface area contributed by atoms with Crippen LogP contribution in [0.2, 0.25) is 5.02 Å². The molecule has 94 valence electrons. The van der Waals surface area contributed by atoms with Gasteiger partial charge < -0.3 is 16.2 Å². The summed E-state index contributed by atoms with van der Waals surface area (Å²) in [6.45, 7) is 0. The summed E-state index contributed by atoms with van der Waals surface area (Å²) in [7, 11) is 0. The number of anilines is 1. The Morgan fingerprint density at radius 3 is 2.78 bits per heavy atom. The molecule has 4 N–H and O–H groups in total. The van der Waals surface area contributed by atoms with Crippen LogP contribution in [0.25, 0.3) is 0 Å². The molecule has 1 rings (SSSR count). The lowest BCUT2D eigenvalue weighted by molar-refractivity contribution is -0.138. The van der Waals surface area contributed by atoms with Crippen molar-refractivity contribution < 1.29 is 14.7 Å². The lowest BCUT2D eigenvalue weighted by Crippen LogP contribution is -2.37. The molecule has 0 saturated heterocycles. The summed E-state index contributed by atoms with van der Waals surface area (Å²) in [5.41, 5.74) is 5.93. The van der Waals surface area contributed by atoms with Gasteiger partial charge in [0.1, 0.15) is 6.07 Å². The number of hydrogen-bond donors (Lipinski definition) is 3. The van der Waals surface area contributed by atoms with Crippen LogP contribution in [0.15, 0.2) is 18.2 Å². The molecular formula is C11H10ClN3O3. The first-order chi connectivity index (χ1) is 8.43. The molecule has 0 radical (unpaired) electrons. The molecule has 0 aliphatic rings. The zero-order chi connectivity index (χ0) is 13.7. The minimum atomic E-state index is -1.16. The zero-order valence-electron chi connectivity index (χ0n) is 9.18. The number of carbonyl (C=O) groups excluding carboxylic acids is 1. The fourth-order valence-corrected chi connectivity index (χ4v) is 1.36. The quantitative estimate of drug-likeness (QED) is 0.751. The van der Waals surface area contributed by atoms with Crippen molar-refractivity contribution in [3.63, 3.8) is 0 Å². The van der Waals surface area contributed by atoms with Gasteiger partial charge in [0.25, 0.3) is 0 Å². The van der Waals surface area contributed by atoms with E-state index in [4.69, 9.17) is 27.7 Å². The highest BCUT2D eigenvalue weighted by Crippen LogP contribution is 2.19. The topological polar surface area (TPSA) is 116 Å². The Hall–Kier alpha value is -2.10. The van der Waals surface area contributed by atoms with Crippen LogP contribution in [0.4, 0.5) is 5.69 Å². The van der Waals surface area contributed by atoms with Crippen molar-refractivity contribution in [2.45, 2.75) is 12.5 Å². The number of carboxylic acids is 1. The molecule has 18 heavy (non-hydrogen) atoms. The number of carbonyl (C=O) groups is 2. The molecule has 0 fully saturated rings. The van der Waals surface area contributed by atoms with Crippen molar-refractivity contribution >= 4 is 29.2 Å². The Labute approximate surface area is 108 Å². The van der Waals surface area contributed by atoms with Gasteiger partial charge in [0.05, 0.1) is 23.0 Å². The molecule has 1 amide bonds. The normalized spacial score (nSPS) is 11.4. The van der Waals surface area contributed by atoms with Crippen LogP contribution in [0.1, 0.15) is 12.0 Å². The highest BCUT2D eigenvalue weighted by Gasteiger charge is 2.17. The maximum absolute atomic E-state index is 11.5. The lowest BCUT2D eigenvalue weighted by atomic mass is 10.2. The van der Waals surface area contributed by atoms with Crippen molar-refractivity contribution in [3.8, 4) is 6.07 Å². The molecule has 0 spiro atoms. The van der Waals surface area contributed by atoms with Crippen molar-refractivity contribution in [2.75, 3.05) is 5.32 Å². The van der Waals surface area contributed by atoms with Gasteiger partial charge in [-0.25, -0.2) is 0 Å². The standard InChI is InChI=1S/C11H10ClN3O3/c12-8-2-1-7(3-6(8)5-13)15-11(18)9(14)4-10(16)17/h1-3,9H,4,14H2,(H,15,18)(H,16,17). The van der Waals surface area contributed by atoms with Gasteiger partial charge in [0, 0.05) is 5.69 Å². The summed E-state index contributed by atoms with van der Waals surface area (Å²) >= 11 is 5.73. The Morgan fingerprint density at radius 2 is 2.22 bits per heavy atom. The van der Waals surface area contributed by atoms with E-state index in [0.29, 0.717) is 5.69 Å². The van der Waals surface area contributed by atoms with Crippen molar-refractivity contribution in [2.24, 2.45) is 5.73 Å². The van der Waals surface area contributed by atoms with E-state index in [0.717, 1.165) is 0 Å². The summed E-state index contributed by atoms with van der Waals surface area (Å²) in [4.78, 5) is 21.9. The van der Waals surface area contributed by atoms with E-state index in [2.05, 4.69) is 5.32 Å². The summed E-state index contributed by atoms with van der Waals surface area (Å²) in [6.07, 6.45) is -0.468. The third kappa shape index (κ3) is 3.73. The molecule has 0 aliphatic heterocycles. The number of hydrogen-bond acceptors (Lipinski definition) is 4. The van der Waals surface area contributed by atoms with E-state index in [9.17, 15) is 9.59 Å². The number of rotatable bonds is 4. The summed E-state index contributed by atoms with van der Waals surface area (Å²) in [5.74, 6) is -1.80. The van der Waals surface area contributed by atoms with Gasteiger partial charge in [-0.05, 0) is 18.2 Å². The van der Waals surface area contributed by atoms with E-state index in [-0.39, 0.29) is 10.6 Å². The van der Waals surface area contributed by atoms with E-state index >= 15 is 0 Å². The van der Waals surface area contributed by atoms with Crippen LogP contribution >= 0.6 is 11.6 Å². The van der Waals surface area contributed by atoms with Gasteiger partial charge in [0.2, 0.25) is 5.91 Å². The fraction of sp³-hybridized carbons (Fsp3) is 0.182. The third-order valence-electron chi connectivity index (χ3n) is 2.09. The van der Waals surface area contributed by atoms with Gasteiger partial charge in [0.15, 0.2) is 0 Å². The van der Waals surface area contributed by atoms with E-state index < -0.39 is 24.3 Å². The number of carboxylic acid groups (broad SMARTS) is 1. The summed E-state index contributed by atoms with van der Waals surface area (Å²) in [6, 6.07) is 5.05. The second-order valence-electron chi connectivity index (χ2n) is 3.50. The Balaban J connectivity index is 2.76. The first-order valence-corrected chi connectivity index (χ1v) is 5.29. The maximum atomic E-state index is 11.5. The summed E-state index contributed by atoms with van der Waals surface area (Å²) in [5, 5.41) is 19.9. The number of nitrogens with zero attached hydrogens (tertiary/aromatic N) is 1. The second kappa shape index (κ2) is 6.00. The maximum Gasteiger partial charge on any atom is 0.305 e. The summed E-state index contributed by atoms with van der Waals surface area (Å²) < 4.78 is 0. The molecule has 1 unspecified atom stereocenters. The smallest absolute Gasteiger partial charge is 0.305 e. The highest BCUT2D eigenvalue weighted by molar-refractivity contribution is 6.31. The van der Waals surface area contributed by atoms with Crippen LogP contribution in [-0.4, -0.2) is 23.0 Å². The predicted molar refractivity (Wildman–Crippen MR) is 65.0 cm³/mol. The molecule has 1 aromatic rings. The third-order valence-corrected chi connectivity index (χ3v) is 2.42. The Kier molecular flexibility index (Phi) is 4.66. The Morgan fingerprint density at radius 1 is 1.56 bits per heavy atom. The number of nitrogens with two attached hydrogens (primary N) is 1. The number of nitrogens with one attached hydrogen (secondary N) is 1. The molecule has 0 heterocycles. The van der Waals surface area contributed by atoms with Gasteiger partial charge in [-0.1, -0.05) is 11.6 Å². The molecule has 6 nitrogen and oxygen atoms in total. The Bertz CT molecular complexity index is 525. The molecule has 7 heteroatoms. The van der Waals surface area contributed by atoms with Crippen molar-refractivity contribution in [3.05, 3.63) is 28.8 Å². The molecule has 1 atom stereocenters. The molecule has 0 aliphatic carbocycles. The van der Waals surface area contributed by atoms with Gasteiger partial charge >= 0.3 is 5.97 Å². The average molecular weight is 268 g/mol. The van der Waals surface area contributed by atoms with Crippen molar-refractivity contribution in [1.29, 1.82) is 5.26 Å². The SMILES string of the molecule is N#Cc1cc(NC(=O)C(N)CC(=O)O)ccc1Cl. The first kappa shape index (κ1) is 14.0. The molecule has 0 aromatic heterocycles. The number of amides is 1. The van der Waals surface area contributed by atoms with E-state index in [1.807, 2.05) is 6.07 Å².